The van der Waals surface area contributed by atoms with E-state index in [1.165, 1.54) is 5.56 Å². The van der Waals surface area contributed by atoms with Gasteiger partial charge in [0, 0.05) is 18.5 Å². The van der Waals surface area contributed by atoms with Gasteiger partial charge >= 0.3 is 0 Å². The van der Waals surface area contributed by atoms with Crippen molar-refractivity contribution in [3.63, 3.8) is 0 Å². The summed E-state index contributed by atoms with van der Waals surface area (Å²) in [5.74, 6) is 3.25. The molecule has 0 aliphatic carbocycles. The van der Waals surface area contributed by atoms with E-state index in [-0.39, 0.29) is 5.92 Å². The molecule has 21 heavy (non-hydrogen) atoms. The van der Waals surface area contributed by atoms with Crippen LogP contribution in [0.3, 0.4) is 0 Å². The van der Waals surface area contributed by atoms with Crippen molar-refractivity contribution in [3.05, 3.63) is 41.2 Å². The minimum atomic E-state index is 0.255. The first kappa shape index (κ1) is 15.3. The molecule has 1 heterocycles. The summed E-state index contributed by atoms with van der Waals surface area (Å²) in [5, 5.41) is 3.22. The second kappa shape index (κ2) is 6.57. The summed E-state index contributed by atoms with van der Waals surface area (Å²) in [7, 11) is 0. The van der Waals surface area contributed by atoms with E-state index in [2.05, 4.69) is 42.1 Å². The zero-order chi connectivity index (χ0) is 15.4. The number of rotatable bonds is 5. The second-order valence-corrected chi connectivity index (χ2v) is 5.51. The Bertz CT molecular complexity index is 623. The van der Waals surface area contributed by atoms with Gasteiger partial charge in [0.15, 0.2) is 0 Å². The number of nitrogens with one attached hydrogen (secondary N) is 1. The lowest BCUT2D eigenvalue weighted by molar-refractivity contribution is 0.454. The zero-order valence-electron chi connectivity index (χ0n) is 13.4. The van der Waals surface area contributed by atoms with E-state index in [4.69, 9.17) is 4.74 Å². The third-order valence-corrected chi connectivity index (χ3v) is 3.14. The Balaban J connectivity index is 2.33. The first-order chi connectivity index (χ1) is 9.99. The fourth-order valence-electron chi connectivity index (χ4n) is 2.05. The molecule has 0 aliphatic rings. The minimum absolute atomic E-state index is 0.255. The largest absolute Gasteiger partial charge is 0.439 e. The minimum Gasteiger partial charge on any atom is -0.439 e. The highest BCUT2D eigenvalue weighted by molar-refractivity contribution is 5.42. The smallest absolute Gasteiger partial charge is 0.224 e. The maximum atomic E-state index is 5.95. The standard InChI is InChI=1S/C17H23N3O/c1-6-18-15-10-16(20-17(19-15)11(2)3)21-14-8-7-12(4)9-13(14)5/h7-11H,6H2,1-5H3,(H,18,19,20). The predicted octanol–water partition coefficient (Wildman–Crippen LogP) is 4.44. The first-order valence-corrected chi connectivity index (χ1v) is 7.37. The first-order valence-electron chi connectivity index (χ1n) is 7.37. The van der Waals surface area contributed by atoms with Crippen LogP contribution in [0, 0.1) is 13.8 Å². The van der Waals surface area contributed by atoms with Crippen LogP contribution in [0.1, 0.15) is 43.6 Å². The Labute approximate surface area is 126 Å². The lowest BCUT2D eigenvalue weighted by Crippen LogP contribution is -2.06. The average molecular weight is 285 g/mol. The number of nitrogens with zero attached hydrogens (tertiary/aromatic N) is 2. The number of hydrogen-bond acceptors (Lipinski definition) is 4. The molecule has 0 atom stereocenters. The molecule has 0 saturated carbocycles. The number of hydrogen-bond donors (Lipinski definition) is 1. The summed E-state index contributed by atoms with van der Waals surface area (Å²) in [6.07, 6.45) is 0. The average Bonchev–Trinajstić information content (AvgIpc) is 2.42. The van der Waals surface area contributed by atoms with E-state index in [0.717, 1.165) is 29.5 Å². The maximum absolute atomic E-state index is 5.95. The van der Waals surface area contributed by atoms with Crippen molar-refractivity contribution in [2.75, 3.05) is 11.9 Å². The Kier molecular flexibility index (Phi) is 4.78. The van der Waals surface area contributed by atoms with E-state index in [9.17, 15) is 0 Å². The van der Waals surface area contributed by atoms with E-state index < -0.39 is 0 Å². The lowest BCUT2D eigenvalue weighted by Gasteiger charge is -2.13. The van der Waals surface area contributed by atoms with Gasteiger partial charge in [0.1, 0.15) is 17.4 Å². The molecule has 0 saturated heterocycles. The van der Waals surface area contributed by atoms with E-state index in [0.29, 0.717) is 5.88 Å². The number of aryl methyl sites for hydroxylation is 2. The van der Waals surface area contributed by atoms with Crippen molar-refractivity contribution < 1.29 is 4.74 Å². The van der Waals surface area contributed by atoms with Gasteiger partial charge in [0.25, 0.3) is 0 Å². The molecule has 0 spiro atoms. The Morgan fingerprint density at radius 3 is 2.52 bits per heavy atom. The molecule has 1 aromatic heterocycles. The summed E-state index contributed by atoms with van der Waals surface area (Å²) in [5.41, 5.74) is 2.32. The molecule has 0 amide bonds. The van der Waals surface area contributed by atoms with Crippen LogP contribution >= 0.6 is 0 Å². The quantitative estimate of drug-likeness (QED) is 0.882. The van der Waals surface area contributed by atoms with Gasteiger partial charge < -0.3 is 10.1 Å². The van der Waals surface area contributed by atoms with Crippen molar-refractivity contribution in [1.29, 1.82) is 0 Å². The molecule has 0 fully saturated rings. The summed E-state index contributed by atoms with van der Waals surface area (Å²) < 4.78 is 5.95. The Hall–Kier alpha value is -2.10. The highest BCUT2D eigenvalue weighted by Gasteiger charge is 2.10. The van der Waals surface area contributed by atoms with Crippen molar-refractivity contribution in [2.45, 2.75) is 40.5 Å². The topological polar surface area (TPSA) is 47.0 Å². The van der Waals surface area contributed by atoms with Crippen LogP contribution in [0.5, 0.6) is 11.6 Å². The fraction of sp³-hybridized carbons (Fsp3) is 0.412. The predicted molar refractivity (Wildman–Crippen MR) is 86.3 cm³/mol. The zero-order valence-corrected chi connectivity index (χ0v) is 13.4. The number of anilines is 1. The Morgan fingerprint density at radius 2 is 1.90 bits per heavy atom. The number of ether oxygens (including phenoxy) is 1. The number of aromatic nitrogens is 2. The third-order valence-electron chi connectivity index (χ3n) is 3.14. The van der Waals surface area contributed by atoms with Gasteiger partial charge in [-0.25, -0.2) is 4.98 Å². The van der Waals surface area contributed by atoms with Crippen LogP contribution < -0.4 is 10.1 Å². The monoisotopic (exact) mass is 285 g/mol. The van der Waals surface area contributed by atoms with Crippen molar-refractivity contribution >= 4 is 5.82 Å². The summed E-state index contributed by atoms with van der Waals surface area (Å²) in [6.45, 7) is 11.1. The molecule has 2 aromatic rings. The van der Waals surface area contributed by atoms with Crippen LogP contribution in [-0.2, 0) is 0 Å². The normalized spacial score (nSPS) is 10.8. The van der Waals surface area contributed by atoms with E-state index in [1.807, 2.05) is 32.0 Å². The summed E-state index contributed by atoms with van der Waals surface area (Å²) >= 11 is 0. The molecule has 1 N–H and O–H groups in total. The molecule has 2 rings (SSSR count). The number of benzene rings is 1. The van der Waals surface area contributed by atoms with Crippen molar-refractivity contribution in [3.8, 4) is 11.6 Å². The van der Waals surface area contributed by atoms with E-state index in [1.54, 1.807) is 0 Å². The van der Waals surface area contributed by atoms with Gasteiger partial charge in [-0.1, -0.05) is 31.5 Å². The molecular formula is C17H23N3O. The molecule has 0 aliphatic heterocycles. The molecule has 0 radical (unpaired) electrons. The van der Waals surface area contributed by atoms with Crippen LogP contribution in [0.2, 0.25) is 0 Å². The van der Waals surface area contributed by atoms with E-state index >= 15 is 0 Å². The van der Waals surface area contributed by atoms with Gasteiger partial charge in [0.05, 0.1) is 0 Å². The summed E-state index contributed by atoms with van der Waals surface area (Å²) in [4.78, 5) is 9.00. The molecule has 0 unspecified atom stereocenters. The van der Waals surface area contributed by atoms with Gasteiger partial charge in [0.2, 0.25) is 5.88 Å². The Morgan fingerprint density at radius 1 is 1.14 bits per heavy atom. The highest BCUT2D eigenvalue weighted by atomic mass is 16.5. The molecule has 0 bridgehead atoms. The SMILES string of the molecule is CCNc1cc(Oc2ccc(C)cc2C)nc(C(C)C)n1. The fourth-order valence-corrected chi connectivity index (χ4v) is 2.05. The third kappa shape index (κ3) is 3.94. The molecule has 4 heteroatoms. The molecule has 1 aromatic carbocycles. The maximum Gasteiger partial charge on any atom is 0.224 e. The highest BCUT2D eigenvalue weighted by Crippen LogP contribution is 2.27. The van der Waals surface area contributed by atoms with Gasteiger partial charge in [-0.05, 0) is 32.4 Å². The van der Waals surface area contributed by atoms with Crippen molar-refractivity contribution in [2.24, 2.45) is 0 Å². The van der Waals surface area contributed by atoms with Crippen LogP contribution in [-0.4, -0.2) is 16.5 Å². The second-order valence-electron chi connectivity index (χ2n) is 5.51. The van der Waals surface area contributed by atoms with Crippen molar-refractivity contribution in [1.82, 2.24) is 9.97 Å². The van der Waals surface area contributed by atoms with Gasteiger partial charge in [-0.2, -0.15) is 4.98 Å². The van der Waals surface area contributed by atoms with Crippen LogP contribution in [0.15, 0.2) is 24.3 Å². The molecular weight excluding hydrogens is 262 g/mol. The van der Waals surface area contributed by atoms with Crippen LogP contribution in [0.4, 0.5) is 5.82 Å². The lowest BCUT2D eigenvalue weighted by atomic mass is 10.1. The van der Waals surface area contributed by atoms with Gasteiger partial charge in [-0.3, -0.25) is 0 Å². The molecule has 4 nitrogen and oxygen atoms in total. The van der Waals surface area contributed by atoms with Crippen LogP contribution in [0.25, 0.3) is 0 Å². The molecule has 112 valence electrons. The summed E-state index contributed by atoms with van der Waals surface area (Å²) in [6, 6.07) is 7.96. The van der Waals surface area contributed by atoms with Gasteiger partial charge in [-0.15, -0.1) is 0 Å².